The van der Waals surface area contributed by atoms with Gasteiger partial charge in [0, 0.05) is 24.0 Å². The monoisotopic (exact) mass is 505 g/mol. The van der Waals surface area contributed by atoms with Gasteiger partial charge in [-0.3, -0.25) is 14.9 Å². The van der Waals surface area contributed by atoms with Gasteiger partial charge in [0.05, 0.1) is 12.2 Å². The molecule has 2 rings (SSSR count). The number of rotatable bonds is 10. The smallest absolute Gasteiger partial charge is 0.261 e. The van der Waals surface area contributed by atoms with Crippen LogP contribution in [0, 0.1) is 5.92 Å². The van der Waals surface area contributed by atoms with Crippen LogP contribution in [0.25, 0.3) is 0 Å². The van der Waals surface area contributed by atoms with Crippen molar-refractivity contribution in [1.29, 1.82) is 0 Å². The summed E-state index contributed by atoms with van der Waals surface area (Å²) in [5.41, 5.74) is 6.70. The van der Waals surface area contributed by atoms with E-state index in [1.165, 1.54) is 0 Å². The van der Waals surface area contributed by atoms with Crippen LogP contribution in [0.5, 0.6) is 5.75 Å². The molecule has 0 spiro atoms. The van der Waals surface area contributed by atoms with Gasteiger partial charge in [-0.25, -0.2) is 0 Å². The van der Waals surface area contributed by atoms with E-state index in [-0.39, 0.29) is 17.4 Å². The minimum Gasteiger partial charge on any atom is -0.493 e. The molecule has 0 saturated heterocycles. The van der Waals surface area contributed by atoms with Crippen LogP contribution in [0.15, 0.2) is 53.0 Å². The molecule has 0 saturated carbocycles. The number of carbonyl (C=O) groups is 2. The Hall–Kier alpha value is -2.45. The lowest BCUT2D eigenvalue weighted by atomic mass is 10.1. The SMILES string of the molecule is CC(C)CCOc1ccc(Br)cc1C(=O)NC(=S)N(CCC(N)=O)Cc1ccccc1. The minimum absolute atomic E-state index is 0.128. The molecule has 0 bridgehead atoms. The average molecular weight is 506 g/mol. The molecule has 2 aromatic carbocycles. The van der Waals surface area contributed by atoms with Crippen molar-refractivity contribution in [3.63, 3.8) is 0 Å². The average Bonchev–Trinajstić information content (AvgIpc) is 2.72. The molecular weight excluding hydrogens is 478 g/mol. The zero-order valence-corrected chi connectivity index (χ0v) is 20.2. The highest BCUT2D eigenvalue weighted by atomic mass is 79.9. The molecule has 0 heterocycles. The lowest BCUT2D eigenvalue weighted by Gasteiger charge is -2.25. The summed E-state index contributed by atoms with van der Waals surface area (Å²) in [5, 5.41) is 3.00. The quantitative estimate of drug-likeness (QED) is 0.471. The van der Waals surface area contributed by atoms with Crippen LogP contribution in [-0.2, 0) is 11.3 Å². The predicted octanol–water partition coefficient (Wildman–Crippen LogP) is 4.27. The summed E-state index contributed by atoms with van der Waals surface area (Å²) < 4.78 is 6.60. The van der Waals surface area contributed by atoms with Gasteiger partial charge in [-0.2, -0.15) is 0 Å². The maximum absolute atomic E-state index is 13.0. The van der Waals surface area contributed by atoms with Crippen molar-refractivity contribution in [3.05, 3.63) is 64.1 Å². The summed E-state index contributed by atoms with van der Waals surface area (Å²) in [6.07, 6.45) is 1.01. The fourth-order valence-corrected chi connectivity index (χ4v) is 3.36. The molecule has 0 aliphatic carbocycles. The van der Waals surface area contributed by atoms with Crippen LogP contribution in [0.3, 0.4) is 0 Å². The van der Waals surface area contributed by atoms with Gasteiger partial charge in [-0.1, -0.05) is 60.1 Å². The fourth-order valence-electron chi connectivity index (χ4n) is 2.75. The standard InChI is InChI=1S/C23H28BrN3O3S/c1-16(2)11-13-30-20-9-8-18(24)14-19(20)22(29)26-23(31)27(12-10-21(25)28)15-17-6-4-3-5-7-17/h3-9,14,16H,10-13,15H2,1-2H3,(H2,25,28)(H,26,29,31). The van der Waals surface area contributed by atoms with E-state index in [1.54, 1.807) is 17.0 Å². The van der Waals surface area contributed by atoms with Crippen molar-refractivity contribution < 1.29 is 14.3 Å². The minimum atomic E-state index is -0.431. The zero-order chi connectivity index (χ0) is 22.8. The number of amides is 2. The molecule has 0 aromatic heterocycles. The van der Waals surface area contributed by atoms with Crippen LogP contribution >= 0.6 is 28.1 Å². The Bertz CT molecular complexity index is 906. The van der Waals surface area contributed by atoms with Crippen molar-refractivity contribution in [2.75, 3.05) is 13.2 Å². The Morgan fingerprint density at radius 2 is 1.90 bits per heavy atom. The van der Waals surface area contributed by atoms with E-state index in [0.29, 0.717) is 36.9 Å². The number of nitrogens with one attached hydrogen (secondary N) is 1. The van der Waals surface area contributed by atoms with Gasteiger partial charge in [0.25, 0.3) is 5.91 Å². The largest absolute Gasteiger partial charge is 0.493 e. The van der Waals surface area contributed by atoms with E-state index in [1.807, 2.05) is 36.4 Å². The van der Waals surface area contributed by atoms with E-state index in [0.717, 1.165) is 16.5 Å². The van der Waals surface area contributed by atoms with Gasteiger partial charge in [-0.05, 0) is 48.3 Å². The van der Waals surface area contributed by atoms with E-state index in [2.05, 4.69) is 35.1 Å². The maximum atomic E-state index is 13.0. The fraction of sp³-hybridized carbons (Fsp3) is 0.348. The summed E-state index contributed by atoms with van der Waals surface area (Å²) >= 11 is 8.90. The number of hydrogen-bond acceptors (Lipinski definition) is 4. The number of benzene rings is 2. The van der Waals surface area contributed by atoms with Gasteiger partial charge in [-0.15, -0.1) is 0 Å². The Morgan fingerprint density at radius 3 is 2.55 bits per heavy atom. The summed E-state index contributed by atoms with van der Waals surface area (Å²) in [6, 6.07) is 15.0. The summed E-state index contributed by atoms with van der Waals surface area (Å²) in [6.45, 7) is 5.50. The maximum Gasteiger partial charge on any atom is 0.261 e. The second kappa shape index (κ2) is 12.4. The van der Waals surface area contributed by atoms with E-state index in [9.17, 15) is 9.59 Å². The molecule has 166 valence electrons. The van der Waals surface area contributed by atoms with E-state index >= 15 is 0 Å². The van der Waals surface area contributed by atoms with Crippen LogP contribution < -0.4 is 15.8 Å². The first kappa shape index (κ1) is 24.8. The third-order valence-corrected chi connectivity index (χ3v) is 5.34. The number of ether oxygens (including phenoxy) is 1. The van der Waals surface area contributed by atoms with E-state index < -0.39 is 5.91 Å². The van der Waals surface area contributed by atoms with Crippen molar-refractivity contribution >= 4 is 45.1 Å². The lowest BCUT2D eigenvalue weighted by molar-refractivity contribution is -0.118. The third-order valence-electron chi connectivity index (χ3n) is 4.49. The first-order valence-electron chi connectivity index (χ1n) is 10.1. The van der Waals surface area contributed by atoms with Crippen molar-refractivity contribution in [2.24, 2.45) is 11.7 Å². The predicted molar refractivity (Wildman–Crippen MR) is 130 cm³/mol. The van der Waals surface area contributed by atoms with Gasteiger partial charge in [0.15, 0.2) is 5.11 Å². The second-order valence-electron chi connectivity index (χ2n) is 7.55. The lowest BCUT2D eigenvalue weighted by Crippen LogP contribution is -2.43. The molecule has 0 fully saturated rings. The van der Waals surface area contributed by atoms with Gasteiger partial charge in [0.2, 0.25) is 5.91 Å². The van der Waals surface area contributed by atoms with Gasteiger partial charge >= 0.3 is 0 Å². The van der Waals surface area contributed by atoms with Crippen molar-refractivity contribution in [2.45, 2.75) is 33.2 Å². The Labute approximate surface area is 197 Å². The molecule has 2 aromatic rings. The zero-order valence-electron chi connectivity index (χ0n) is 17.8. The van der Waals surface area contributed by atoms with Crippen LogP contribution in [0.1, 0.15) is 42.6 Å². The third kappa shape index (κ3) is 8.67. The summed E-state index contributed by atoms with van der Waals surface area (Å²) in [7, 11) is 0. The normalized spacial score (nSPS) is 10.6. The molecule has 31 heavy (non-hydrogen) atoms. The molecular formula is C23H28BrN3O3S. The van der Waals surface area contributed by atoms with Crippen molar-refractivity contribution in [1.82, 2.24) is 10.2 Å². The highest BCUT2D eigenvalue weighted by Gasteiger charge is 2.19. The number of halogens is 1. The van der Waals surface area contributed by atoms with Gasteiger partial charge in [0.1, 0.15) is 5.75 Å². The molecule has 2 amide bonds. The summed E-state index contributed by atoms with van der Waals surface area (Å²) in [5.74, 6) is 0.191. The number of nitrogens with zero attached hydrogens (tertiary/aromatic N) is 1. The second-order valence-corrected chi connectivity index (χ2v) is 8.86. The molecule has 0 aliphatic rings. The van der Waals surface area contributed by atoms with Crippen molar-refractivity contribution in [3.8, 4) is 5.75 Å². The van der Waals surface area contributed by atoms with Crippen LogP contribution in [-0.4, -0.2) is 35.0 Å². The molecule has 3 N–H and O–H groups in total. The summed E-state index contributed by atoms with van der Waals surface area (Å²) in [4.78, 5) is 26.1. The highest BCUT2D eigenvalue weighted by molar-refractivity contribution is 9.10. The number of primary amides is 1. The number of nitrogens with two attached hydrogens (primary N) is 1. The first-order chi connectivity index (χ1) is 14.8. The number of hydrogen-bond donors (Lipinski definition) is 2. The highest BCUT2D eigenvalue weighted by Crippen LogP contribution is 2.24. The molecule has 0 atom stereocenters. The Kier molecular flexibility index (Phi) is 9.94. The Balaban J connectivity index is 2.14. The number of carbonyl (C=O) groups excluding carboxylic acids is 2. The molecule has 6 nitrogen and oxygen atoms in total. The van der Waals surface area contributed by atoms with Crippen LogP contribution in [0.2, 0.25) is 0 Å². The van der Waals surface area contributed by atoms with Crippen LogP contribution in [0.4, 0.5) is 0 Å². The number of thiocarbonyl (C=S) groups is 1. The topological polar surface area (TPSA) is 84.7 Å². The first-order valence-corrected chi connectivity index (χ1v) is 11.3. The van der Waals surface area contributed by atoms with E-state index in [4.69, 9.17) is 22.7 Å². The Morgan fingerprint density at radius 1 is 1.19 bits per heavy atom. The molecule has 8 heteroatoms. The molecule has 0 aliphatic heterocycles. The molecule has 0 radical (unpaired) electrons. The molecule has 0 unspecified atom stereocenters. The van der Waals surface area contributed by atoms with Gasteiger partial charge < -0.3 is 15.4 Å².